The minimum atomic E-state index is 0.701. The van der Waals surface area contributed by atoms with Gasteiger partial charge in [-0.25, -0.2) is 9.98 Å². The third kappa shape index (κ3) is 5.17. The van der Waals surface area contributed by atoms with E-state index in [4.69, 9.17) is 4.99 Å². The minimum Gasteiger partial charge on any atom is -0.357 e. The Balaban J connectivity index is 1.40. The molecule has 2 saturated heterocycles. The molecule has 1 aromatic heterocycles. The van der Waals surface area contributed by atoms with E-state index in [0.29, 0.717) is 6.04 Å². The summed E-state index contributed by atoms with van der Waals surface area (Å²) in [7, 11) is 0. The molecule has 1 N–H and O–H groups in total. The number of nitrogens with one attached hydrogen (secondary N) is 1. The number of guanidine groups is 1. The van der Waals surface area contributed by atoms with Crippen LogP contribution in [0.5, 0.6) is 0 Å². The molecule has 2 aliphatic heterocycles. The molecular weight excluding hydrogens is 378 g/mol. The summed E-state index contributed by atoms with van der Waals surface area (Å²) in [5.41, 5.74) is 1.44. The molecule has 4 rings (SSSR count). The summed E-state index contributed by atoms with van der Waals surface area (Å²) < 4.78 is 0. The van der Waals surface area contributed by atoms with E-state index >= 15 is 0 Å². The number of fused-ring (bicyclic) bond motifs is 1. The molecule has 1 aromatic carbocycles. The lowest BCUT2D eigenvalue weighted by atomic mass is 9.83. The van der Waals surface area contributed by atoms with E-state index in [-0.39, 0.29) is 0 Å². The maximum atomic E-state index is 4.93. The predicted molar refractivity (Wildman–Crippen MR) is 121 cm³/mol. The van der Waals surface area contributed by atoms with Crippen LogP contribution in [-0.2, 0) is 13.1 Å². The largest absolute Gasteiger partial charge is 0.357 e. The van der Waals surface area contributed by atoms with Gasteiger partial charge < -0.3 is 10.2 Å². The zero-order chi connectivity index (χ0) is 20.1. The van der Waals surface area contributed by atoms with Crippen molar-refractivity contribution in [2.45, 2.75) is 52.2 Å². The van der Waals surface area contributed by atoms with Gasteiger partial charge in [-0.3, -0.25) is 4.90 Å². The first kappa shape index (κ1) is 20.4. The molecular formula is C23H33N5S. The summed E-state index contributed by atoms with van der Waals surface area (Å²) in [4.78, 5) is 15.7. The van der Waals surface area contributed by atoms with E-state index in [1.54, 1.807) is 11.3 Å². The van der Waals surface area contributed by atoms with Gasteiger partial charge in [0.15, 0.2) is 5.96 Å². The Labute approximate surface area is 178 Å². The number of rotatable bonds is 5. The topological polar surface area (TPSA) is 43.8 Å². The summed E-state index contributed by atoms with van der Waals surface area (Å²) in [6.07, 6.45) is 5.82. The first-order valence-electron chi connectivity index (χ1n) is 11.0. The van der Waals surface area contributed by atoms with Gasteiger partial charge in [0.25, 0.3) is 0 Å². The average Bonchev–Trinajstić information content (AvgIpc) is 3.17. The van der Waals surface area contributed by atoms with Crippen molar-refractivity contribution in [3.63, 3.8) is 0 Å². The Kier molecular flexibility index (Phi) is 6.82. The van der Waals surface area contributed by atoms with Crippen LogP contribution in [-0.4, -0.2) is 53.0 Å². The zero-order valence-corrected chi connectivity index (χ0v) is 18.5. The first-order valence-corrected chi connectivity index (χ1v) is 11.8. The Morgan fingerprint density at radius 3 is 2.86 bits per heavy atom. The molecule has 2 unspecified atom stereocenters. The van der Waals surface area contributed by atoms with E-state index in [9.17, 15) is 0 Å². The van der Waals surface area contributed by atoms with Crippen molar-refractivity contribution in [3.05, 3.63) is 52.0 Å². The lowest BCUT2D eigenvalue weighted by molar-refractivity contribution is 0.0372. The Bertz CT molecular complexity index is 803. The average molecular weight is 412 g/mol. The summed E-state index contributed by atoms with van der Waals surface area (Å²) in [5.74, 6) is 1.80. The summed E-state index contributed by atoms with van der Waals surface area (Å²) in [5, 5.41) is 4.64. The highest BCUT2D eigenvalue weighted by Gasteiger charge is 2.36. The number of nitrogens with zero attached hydrogens (tertiary/aromatic N) is 4. The quantitative estimate of drug-likeness (QED) is 0.599. The molecule has 2 aromatic rings. The van der Waals surface area contributed by atoms with Gasteiger partial charge in [0.05, 0.1) is 11.6 Å². The van der Waals surface area contributed by atoms with Crippen LogP contribution in [0.2, 0.25) is 0 Å². The Hall–Kier alpha value is -1.92. The molecule has 5 nitrogen and oxygen atoms in total. The number of hydrogen-bond donors (Lipinski definition) is 1. The second-order valence-corrected chi connectivity index (χ2v) is 9.50. The number of hydrogen-bond acceptors (Lipinski definition) is 4. The van der Waals surface area contributed by atoms with E-state index in [1.165, 1.54) is 36.2 Å². The fraction of sp³-hybridized carbons (Fsp3) is 0.565. The third-order valence-electron chi connectivity index (χ3n) is 6.10. The number of thiazole rings is 1. The standard InChI is InChI=1S/C23H33N5S/c1-3-24-23(26-15-21-14-25-18(2)29-21)28-13-11-22-20(17-28)10-7-12-27(22)16-19-8-5-4-6-9-19/h4-6,8-9,14,20,22H,3,7,10-13,15-17H2,1-2H3,(H,24,26). The number of likely N-dealkylation sites (tertiary alicyclic amines) is 2. The molecule has 2 aliphatic rings. The molecule has 0 amide bonds. The van der Waals surface area contributed by atoms with Crippen LogP contribution >= 0.6 is 11.3 Å². The van der Waals surface area contributed by atoms with Gasteiger partial charge in [-0.2, -0.15) is 0 Å². The normalized spacial score (nSPS) is 23.1. The smallest absolute Gasteiger partial charge is 0.194 e. The number of aryl methyl sites for hydroxylation is 1. The van der Waals surface area contributed by atoms with Gasteiger partial charge in [-0.15, -0.1) is 11.3 Å². The van der Waals surface area contributed by atoms with Crippen LogP contribution < -0.4 is 5.32 Å². The summed E-state index contributed by atoms with van der Waals surface area (Å²) in [6, 6.07) is 11.6. The second-order valence-electron chi connectivity index (χ2n) is 8.18. The fourth-order valence-electron chi connectivity index (χ4n) is 4.77. The lowest BCUT2D eigenvalue weighted by Crippen LogP contribution is -2.56. The summed E-state index contributed by atoms with van der Waals surface area (Å²) in [6.45, 7) is 10.3. The van der Waals surface area contributed by atoms with Gasteiger partial charge in [0, 0.05) is 43.3 Å². The highest BCUT2D eigenvalue weighted by Crippen LogP contribution is 2.31. The van der Waals surface area contributed by atoms with E-state index in [1.807, 2.05) is 6.20 Å². The van der Waals surface area contributed by atoms with Crippen LogP contribution in [0, 0.1) is 12.8 Å². The first-order chi connectivity index (χ1) is 14.2. The minimum absolute atomic E-state index is 0.701. The molecule has 0 aliphatic carbocycles. The van der Waals surface area contributed by atoms with Crippen molar-refractivity contribution in [1.82, 2.24) is 20.1 Å². The molecule has 0 radical (unpaired) electrons. The van der Waals surface area contributed by atoms with Gasteiger partial charge in [0.2, 0.25) is 0 Å². The molecule has 2 atom stereocenters. The van der Waals surface area contributed by atoms with Crippen molar-refractivity contribution in [3.8, 4) is 0 Å². The van der Waals surface area contributed by atoms with E-state index in [0.717, 1.165) is 49.6 Å². The van der Waals surface area contributed by atoms with Crippen LogP contribution in [0.3, 0.4) is 0 Å². The molecule has 0 saturated carbocycles. The van der Waals surface area contributed by atoms with Crippen molar-refractivity contribution in [1.29, 1.82) is 0 Å². The highest BCUT2D eigenvalue weighted by atomic mass is 32.1. The monoisotopic (exact) mass is 411 g/mol. The van der Waals surface area contributed by atoms with Gasteiger partial charge >= 0.3 is 0 Å². The third-order valence-corrected chi connectivity index (χ3v) is 7.00. The van der Waals surface area contributed by atoms with E-state index < -0.39 is 0 Å². The van der Waals surface area contributed by atoms with Crippen LogP contribution in [0.1, 0.15) is 41.6 Å². The second kappa shape index (κ2) is 9.72. The van der Waals surface area contributed by atoms with Crippen molar-refractivity contribution >= 4 is 17.3 Å². The predicted octanol–water partition coefficient (Wildman–Crippen LogP) is 3.90. The lowest BCUT2D eigenvalue weighted by Gasteiger charge is -2.48. The number of aliphatic imine (C=N–C) groups is 1. The maximum absolute atomic E-state index is 4.93. The fourth-order valence-corrected chi connectivity index (χ4v) is 5.49. The zero-order valence-electron chi connectivity index (χ0n) is 17.7. The van der Waals surface area contributed by atoms with Gasteiger partial charge in [-0.05, 0) is 51.1 Å². The number of benzene rings is 1. The maximum Gasteiger partial charge on any atom is 0.194 e. The van der Waals surface area contributed by atoms with Crippen LogP contribution in [0.4, 0.5) is 0 Å². The van der Waals surface area contributed by atoms with Crippen molar-refractivity contribution < 1.29 is 0 Å². The number of aromatic nitrogens is 1. The number of piperidine rings is 2. The Morgan fingerprint density at radius 2 is 2.10 bits per heavy atom. The van der Waals surface area contributed by atoms with Gasteiger partial charge in [-0.1, -0.05) is 30.3 Å². The SMILES string of the molecule is CCNC(=NCc1cnc(C)s1)N1CCC2C(CCCN2Cc2ccccc2)C1. The van der Waals surface area contributed by atoms with E-state index in [2.05, 4.69) is 64.3 Å². The van der Waals surface area contributed by atoms with Crippen molar-refractivity contribution in [2.75, 3.05) is 26.2 Å². The Morgan fingerprint density at radius 1 is 1.24 bits per heavy atom. The molecule has 3 heterocycles. The summed E-state index contributed by atoms with van der Waals surface area (Å²) >= 11 is 1.74. The van der Waals surface area contributed by atoms with Gasteiger partial charge in [0.1, 0.15) is 0 Å². The molecule has 2 fully saturated rings. The highest BCUT2D eigenvalue weighted by molar-refractivity contribution is 7.11. The molecule has 6 heteroatoms. The molecule has 0 spiro atoms. The molecule has 29 heavy (non-hydrogen) atoms. The van der Waals surface area contributed by atoms with Crippen LogP contribution in [0.15, 0.2) is 41.5 Å². The molecule has 0 bridgehead atoms. The van der Waals surface area contributed by atoms with Crippen LogP contribution in [0.25, 0.3) is 0 Å². The van der Waals surface area contributed by atoms with Crippen molar-refractivity contribution in [2.24, 2.45) is 10.9 Å². The molecule has 156 valence electrons.